The first-order valence-electron chi connectivity index (χ1n) is 3.24. The second-order valence-corrected chi connectivity index (χ2v) is 3.01. The Morgan fingerprint density at radius 2 is 2.40 bits per heavy atom. The molecule has 0 atom stereocenters. The molecule has 0 aliphatic carbocycles. The molecule has 1 aromatic rings. The van der Waals surface area contributed by atoms with Gasteiger partial charge in [0.2, 0.25) is 0 Å². The molecule has 10 heavy (non-hydrogen) atoms. The van der Waals surface area contributed by atoms with Gasteiger partial charge in [-0.2, -0.15) is 0 Å². The van der Waals surface area contributed by atoms with Crippen LogP contribution in [0.5, 0.6) is 0 Å². The van der Waals surface area contributed by atoms with E-state index >= 15 is 0 Å². The minimum Gasteiger partial charge on any atom is -0.445 e. The maximum atomic E-state index is 5.34. The van der Waals surface area contributed by atoms with Crippen molar-refractivity contribution in [3.63, 3.8) is 0 Å². The van der Waals surface area contributed by atoms with E-state index in [0.29, 0.717) is 5.92 Å². The number of aromatic nitrogens is 1. The number of halogens is 1. The van der Waals surface area contributed by atoms with E-state index in [-0.39, 0.29) is 0 Å². The Kier molecular flexibility index (Phi) is 2.49. The van der Waals surface area contributed by atoms with Crippen molar-refractivity contribution in [1.29, 1.82) is 0 Å². The molecule has 0 bridgehead atoms. The van der Waals surface area contributed by atoms with Crippen LogP contribution in [0.1, 0.15) is 31.4 Å². The molecule has 0 radical (unpaired) electrons. The van der Waals surface area contributed by atoms with Gasteiger partial charge in [-0.1, -0.05) is 29.8 Å². The molecule has 0 spiro atoms. The van der Waals surface area contributed by atoms with Gasteiger partial charge in [0.05, 0.1) is 11.5 Å². The van der Waals surface area contributed by atoms with Crippen LogP contribution in [-0.2, 0) is 5.33 Å². The van der Waals surface area contributed by atoms with Gasteiger partial charge in [-0.25, -0.2) is 4.98 Å². The lowest BCUT2D eigenvalue weighted by molar-refractivity contribution is 0.448. The average molecular weight is 204 g/mol. The SMILES string of the molecule is CC(C)c1ncc(CBr)o1. The van der Waals surface area contributed by atoms with Crippen LogP contribution < -0.4 is 0 Å². The predicted molar refractivity (Wildman–Crippen MR) is 43.2 cm³/mol. The standard InChI is InChI=1S/C7H10BrNO/c1-5(2)7-9-4-6(3-8)10-7/h4-5H,3H2,1-2H3. The number of alkyl halides is 1. The van der Waals surface area contributed by atoms with Crippen LogP contribution in [-0.4, -0.2) is 4.98 Å². The number of hydrogen-bond donors (Lipinski definition) is 0. The zero-order valence-electron chi connectivity index (χ0n) is 6.10. The highest BCUT2D eigenvalue weighted by Gasteiger charge is 2.05. The van der Waals surface area contributed by atoms with Crippen LogP contribution in [0.3, 0.4) is 0 Å². The molecule has 0 amide bonds. The van der Waals surface area contributed by atoms with Crippen molar-refractivity contribution in [2.45, 2.75) is 25.1 Å². The smallest absolute Gasteiger partial charge is 0.196 e. The molecule has 0 saturated heterocycles. The van der Waals surface area contributed by atoms with Crippen LogP contribution in [0.25, 0.3) is 0 Å². The molecule has 0 aliphatic rings. The number of nitrogens with zero attached hydrogens (tertiary/aromatic N) is 1. The van der Waals surface area contributed by atoms with Crippen molar-refractivity contribution in [3.8, 4) is 0 Å². The first-order valence-corrected chi connectivity index (χ1v) is 4.36. The summed E-state index contributed by atoms with van der Waals surface area (Å²) in [6.07, 6.45) is 1.75. The fraction of sp³-hybridized carbons (Fsp3) is 0.571. The fourth-order valence-electron chi connectivity index (χ4n) is 0.651. The molecule has 0 saturated carbocycles. The van der Waals surface area contributed by atoms with E-state index in [0.717, 1.165) is 17.0 Å². The Hall–Kier alpha value is -0.310. The first-order chi connectivity index (χ1) is 4.74. The lowest BCUT2D eigenvalue weighted by atomic mass is 10.2. The molecule has 1 aromatic heterocycles. The molecular formula is C7H10BrNO. The van der Waals surface area contributed by atoms with E-state index in [1.54, 1.807) is 6.20 Å². The minimum atomic E-state index is 0.382. The van der Waals surface area contributed by atoms with Gasteiger partial charge >= 0.3 is 0 Å². The molecule has 2 nitrogen and oxygen atoms in total. The molecule has 0 N–H and O–H groups in total. The highest BCUT2D eigenvalue weighted by molar-refractivity contribution is 9.08. The average Bonchev–Trinajstić information content (AvgIpc) is 2.34. The molecule has 0 aliphatic heterocycles. The summed E-state index contributed by atoms with van der Waals surface area (Å²) in [4.78, 5) is 4.09. The van der Waals surface area contributed by atoms with Crippen LogP contribution >= 0.6 is 15.9 Å². The van der Waals surface area contributed by atoms with E-state index in [9.17, 15) is 0 Å². The Labute approximate surface area is 68.8 Å². The summed E-state index contributed by atoms with van der Waals surface area (Å²) in [5.41, 5.74) is 0. The molecule has 1 rings (SSSR count). The molecule has 0 unspecified atom stereocenters. The highest BCUT2D eigenvalue weighted by Crippen LogP contribution is 2.15. The van der Waals surface area contributed by atoms with Gasteiger partial charge in [0, 0.05) is 5.92 Å². The van der Waals surface area contributed by atoms with Crippen molar-refractivity contribution in [2.24, 2.45) is 0 Å². The van der Waals surface area contributed by atoms with E-state index < -0.39 is 0 Å². The Balaban J connectivity index is 2.78. The zero-order chi connectivity index (χ0) is 7.56. The lowest BCUT2D eigenvalue weighted by Gasteiger charge is -1.94. The number of hydrogen-bond acceptors (Lipinski definition) is 2. The van der Waals surface area contributed by atoms with Crippen LogP contribution in [0.4, 0.5) is 0 Å². The maximum Gasteiger partial charge on any atom is 0.196 e. The largest absolute Gasteiger partial charge is 0.445 e. The summed E-state index contributed by atoms with van der Waals surface area (Å²) < 4.78 is 5.34. The molecule has 56 valence electrons. The summed E-state index contributed by atoms with van der Waals surface area (Å²) in [5.74, 6) is 2.09. The Morgan fingerprint density at radius 1 is 1.70 bits per heavy atom. The van der Waals surface area contributed by atoms with Crippen molar-refractivity contribution in [3.05, 3.63) is 17.8 Å². The van der Waals surface area contributed by atoms with E-state index in [1.165, 1.54) is 0 Å². The van der Waals surface area contributed by atoms with E-state index in [1.807, 2.05) is 0 Å². The van der Waals surface area contributed by atoms with Crippen molar-refractivity contribution in [2.75, 3.05) is 0 Å². The minimum absolute atomic E-state index is 0.382. The topological polar surface area (TPSA) is 26.0 Å². The normalized spacial score (nSPS) is 10.8. The highest BCUT2D eigenvalue weighted by atomic mass is 79.9. The maximum absolute atomic E-state index is 5.34. The number of oxazole rings is 1. The second kappa shape index (κ2) is 3.19. The summed E-state index contributed by atoms with van der Waals surface area (Å²) in [6, 6.07) is 0. The van der Waals surface area contributed by atoms with Gasteiger partial charge in [0.15, 0.2) is 5.89 Å². The summed E-state index contributed by atoms with van der Waals surface area (Å²) >= 11 is 3.29. The van der Waals surface area contributed by atoms with Crippen LogP contribution in [0.15, 0.2) is 10.6 Å². The first kappa shape index (κ1) is 7.79. The van der Waals surface area contributed by atoms with Crippen molar-refractivity contribution < 1.29 is 4.42 Å². The Morgan fingerprint density at radius 3 is 2.70 bits per heavy atom. The summed E-state index contributed by atoms with van der Waals surface area (Å²) in [7, 11) is 0. The molecule has 1 heterocycles. The monoisotopic (exact) mass is 203 g/mol. The van der Waals surface area contributed by atoms with Crippen molar-refractivity contribution in [1.82, 2.24) is 4.98 Å². The summed E-state index contributed by atoms with van der Waals surface area (Å²) in [5, 5.41) is 0.743. The third kappa shape index (κ3) is 1.59. The van der Waals surface area contributed by atoms with Gasteiger partial charge in [-0.15, -0.1) is 0 Å². The quantitative estimate of drug-likeness (QED) is 0.692. The molecule has 0 aromatic carbocycles. The molecule has 0 fully saturated rings. The third-order valence-corrected chi connectivity index (χ3v) is 1.75. The van der Waals surface area contributed by atoms with Crippen LogP contribution in [0, 0.1) is 0 Å². The fourth-order valence-corrected chi connectivity index (χ4v) is 0.911. The molecular weight excluding hydrogens is 194 g/mol. The van der Waals surface area contributed by atoms with E-state index in [4.69, 9.17) is 4.42 Å². The van der Waals surface area contributed by atoms with Gasteiger partial charge < -0.3 is 4.42 Å². The third-order valence-electron chi connectivity index (χ3n) is 1.20. The predicted octanol–water partition coefficient (Wildman–Crippen LogP) is 2.69. The van der Waals surface area contributed by atoms with E-state index in [2.05, 4.69) is 34.8 Å². The number of rotatable bonds is 2. The Bertz CT molecular complexity index is 207. The second-order valence-electron chi connectivity index (χ2n) is 2.45. The molecule has 3 heteroatoms. The van der Waals surface area contributed by atoms with Gasteiger partial charge in [-0.3, -0.25) is 0 Å². The lowest BCUT2D eigenvalue weighted by Crippen LogP contribution is -1.84. The van der Waals surface area contributed by atoms with Crippen molar-refractivity contribution >= 4 is 15.9 Å². The van der Waals surface area contributed by atoms with Crippen LogP contribution in [0.2, 0.25) is 0 Å². The van der Waals surface area contributed by atoms with Gasteiger partial charge in [-0.05, 0) is 0 Å². The van der Waals surface area contributed by atoms with Gasteiger partial charge in [0.25, 0.3) is 0 Å². The summed E-state index contributed by atoms with van der Waals surface area (Å²) in [6.45, 7) is 4.12. The van der Waals surface area contributed by atoms with Gasteiger partial charge in [0.1, 0.15) is 5.76 Å². The zero-order valence-corrected chi connectivity index (χ0v) is 7.68.